The molecule has 0 saturated heterocycles. The molecule has 3 aromatic rings. The molecule has 1 N–H and O–H groups in total. The van der Waals surface area contributed by atoms with Crippen molar-refractivity contribution in [2.24, 2.45) is 11.8 Å². The van der Waals surface area contributed by atoms with Gasteiger partial charge in [-0.05, 0) is 48.9 Å². The summed E-state index contributed by atoms with van der Waals surface area (Å²) in [6, 6.07) is 8.82. The number of carbonyl (C=O) groups is 2. The smallest absolute Gasteiger partial charge is 0.244 e. The van der Waals surface area contributed by atoms with Gasteiger partial charge in [-0.25, -0.2) is 0 Å². The maximum atomic E-state index is 13.4. The van der Waals surface area contributed by atoms with Crippen LogP contribution in [0.15, 0.2) is 36.5 Å². The molecular formula is C28H38N4O4. The van der Waals surface area contributed by atoms with Crippen LogP contribution < -0.4 is 4.74 Å². The molecule has 8 nitrogen and oxygen atoms in total. The van der Waals surface area contributed by atoms with Gasteiger partial charge in [0.1, 0.15) is 18.0 Å². The van der Waals surface area contributed by atoms with Crippen molar-refractivity contribution in [1.29, 1.82) is 0 Å². The molecule has 0 aliphatic carbocycles. The third-order valence-electron chi connectivity index (χ3n) is 6.22. The Balaban J connectivity index is 1.94. The fraction of sp³-hybridized carbons (Fsp3) is 0.500. The summed E-state index contributed by atoms with van der Waals surface area (Å²) >= 11 is 0. The molecule has 0 aliphatic heterocycles. The van der Waals surface area contributed by atoms with Gasteiger partial charge in [0, 0.05) is 55.0 Å². The highest BCUT2D eigenvalue weighted by molar-refractivity contribution is 6.15. The lowest BCUT2D eigenvalue weighted by atomic mass is 10.1. The van der Waals surface area contributed by atoms with Crippen molar-refractivity contribution < 1.29 is 19.4 Å². The van der Waals surface area contributed by atoms with Gasteiger partial charge >= 0.3 is 0 Å². The second kappa shape index (κ2) is 12.6. The van der Waals surface area contributed by atoms with Crippen molar-refractivity contribution >= 4 is 22.6 Å². The van der Waals surface area contributed by atoms with Crippen molar-refractivity contribution in [3.63, 3.8) is 0 Å². The van der Waals surface area contributed by atoms with Crippen LogP contribution in [0.2, 0.25) is 0 Å². The monoisotopic (exact) mass is 494 g/mol. The largest absolute Gasteiger partial charge is 0.497 e. The van der Waals surface area contributed by atoms with Crippen molar-refractivity contribution in [3.8, 4) is 5.75 Å². The molecule has 0 unspecified atom stereocenters. The molecule has 0 spiro atoms. The average molecular weight is 495 g/mol. The topological polar surface area (TPSA) is 97.5 Å². The first-order valence-electron chi connectivity index (χ1n) is 12.7. The lowest BCUT2D eigenvalue weighted by Gasteiger charge is -2.24. The molecule has 0 radical (unpaired) electrons. The number of amides is 1. The van der Waals surface area contributed by atoms with E-state index in [9.17, 15) is 9.59 Å². The second-order valence-corrected chi connectivity index (χ2v) is 9.98. The zero-order valence-corrected chi connectivity index (χ0v) is 22.0. The minimum Gasteiger partial charge on any atom is -0.497 e. The number of fused-ring (bicyclic) bond motifs is 1. The van der Waals surface area contributed by atoms with E-state index in [1.165, 1.54) is 6.20 Å². The third kappa shape index (κ3) is 6.91. The van der Waals surface area contributed by atoms with Gasteiger partial charge < -0.3 is 14.7 Å². The quantitative estimate of drug-likeness (QED) is 0.359. The SMILES string of the molecule is COc1ccc2c(C(=O)c3ccc(CCO)nc3)nn(CC(=O)N(CCC(C)C)CCC(C)C)c2c1. The molecule has 0 aliphatic rings. The number of hydrogen-bond acceptors (Lipinski definition) is 6. The van der Waals surface area contributed by atoms with E-state index in [1.54, 1.807) is 36.1 Å². The Morgan fingerprint density at radius 3 is 2.31 bits per heavy atom. The fourth-order valence-electron chi connectivity index (χ4n) is 3.94. The van der Waals surface area contributed by atoms with Crippen molar-refractivity contribution in [1.82, 2.24) is 19.7 Å². The first kappa shape index (κ1) is 27.3. The van der Waals surface area contributed by atoms with Crippen LogP contribution in [0.25, 0.3) is 10.9 Å². The van der Waals surface area contributed by atoms with Crippen LogP contribution in [0.5, 0.6) is 5.75 Å². The molecular weight excluding hydrogens is 456 g/mol. The number of ketones is 1. The Kier molecular flexibility index (Phi) is 9.58. The van der Waals surface area contributed by atoms with Gasteiger partial charge in [-0.3, -0.25) is 19.3 Å². The summed E-state index contributed by atoms with van der Waals surface area (Å²) in [5, 5.41) is 14.4. The van der Waals surface area contributed by atoms with Gasteiger partial charge in [-0.15, -0.1) is 0 Å². The molecule has 0 saturated carbocycles. The highest BCUT2D eigenvalue weighted by atomic mass is 16.5. The number of aliphatic hydroxyl groups is 1. The van der Waals surface area contributed by atoms with Gasteiger partial charge in [0.2, 0.25) is 11.7 Å². The number of pyridine rings is 1. The lowest BCUT2D eigenvalue weighted by Crippen LogP contribution is -2.36. The van der Waals surface area contributed by atoms with E-state index in [0.717, 1.165) is 12.8 Å². The predicted octanol–water partition coefficient (Wildman–Crippen LogP) is 4.13. The van der Waals surface area contributed by atoms with E-state index in [4.69, 9.17) is 9.84 Å². The predicted molar refractivity (Wildman–Crippen MR) is 140 cm³/mol. The molecule has 0 atom stereocenters. The van der Waals surface area contributed by atoms with E-state index >= 15 is 0 Å². The average Bonchev–Trinajstić information content (AvgIpc) is 3.21. The Morgan fingerprint density at radius 1 is 1.06 bits per heavy atom. The highest BCUT2D eigenvalue weighted by Crippen LogP contribution is 2.26. The van der Waals surface area contributed by atoms with Crippen LogP contribution in [0.1, 0.15) is 62.3 Å². The molecule has 0 fully saturated rings. The summed E-state index contributed by atoms with van der Waals surface area (Å²) in [7, 11) is 1.58. The Bertz CT molecular complexity index is 1160. The van der Waals surface area contributed by atoms with Crippen LogP contribution in [0.4, 0.5) is 0 Å². The Hall–Kier alpha value is -3.26. The molecule has 0 bridgehead atoms. The molecule has 2 aromatic heterocycles. The highest BCUT2D eigenvalue weighted by Gasteiger charge is 2.23. The summed E-state index contributed by atoms with van der Waals surface area (Å²) in [5.41, 5.74) is 2.06. The lowest BCUT2D eigenvalue weighted by molar-refractivity contribution is -0.132. The number of hydrogen-bond donors (Lipinski definition) is 1. The van der Waals surface area contributed by atoms with Crippen molar-refractivity contribution in [2.75, 3.05) is 26.8 Å². The van der Waals surface area contributed by atoms with Crippen LogP contribution in [-0.4, -0.2) is 63.3 Å². The van der Waals surface area contributed by atoms with Gasteiger partial charge in [0.05, 0.1) is 12.6 Å². The van der Waals surface area contributed by atoms with E-state index in [0.29, 0.717) is 59.3 Å². The van der Waals surface area contributed by atoms with E-state index in [-0.39, 0.29) is 30.5 Å². The van der Waals surface area contributed by atoms with Crippen LogP contribution >= 0.6 is 0 Å². The number of aliphatic hydroxyl groups excluding tert-OH is 1. The standard InChI is InChI=1S/C28H38N4O4/c1-19(2)10-13-31(14-11-20(3)4)26(34)18-32-25-16-23(36-5)8-9-24(25)27(30-32)28(35)21-6-7-22(12-15-33)29-17-21/h6-9,16-17,19-20,33H,10-15,18H2,1-5H3. The Labute approximate surface area is 213 Å². The summed E-state index contributed by atoms with van der Waals surface area (Å²) in [5.74, 6) is 1.33. The third-order valence-corrected chi connectivity index (χ3v) is 6.22. The Morgan fingerprint density at radius 2 is 1.75 bits per heavy atom. The first-order chi connectivity index (χ1) is 17.2. The number of ether oxygens (including phenoxy) is 1. The molecule has 8 heteroatoms. The minimum atomic E-state index is -0.268. The normalized spacial score (nSPS) is 11.4. The van der Waals surface area contributed by atoms with Gasteiger partial charge in [0.25, 0.3) is 0 Å². The van der Waals surface area contributed by atoms with E-state index in [2.05, 4.69) is 37.8 Å². The minimum absolute atomic E-state index is 0.00342. The number of benzene rings is 1. The van der Waals surface area contributed by atoms with Crippen molar-refractivity contribution in [2.45, 2.75) is 53.5 Å². The van der Waals surface area contributed by atoms with Crippen LogP contribution in [-0.2, 0) is 17.8 Å². The van der Waals surface area contributed by atoms with Gasteiger partial charge in [-0.2, -0.15) is 5.10 Å². The molecule has 1 amide bonds. The summed E-state index contributed by atoms with van der Waals surface area (Å²) < 4.78 is 7.01. The first-order valence-corrected chi connectivity index (χ1v) is 12.7. The zero-order valence-electron chi connectivity index (χ0n) is 22.0. The molecule has 1 aromatic carbocycles. The summed E-state index contributed by atoms with van der Waals surface area (Å²) in [6.07, 6.45) is 3.80. The van der Waals surface area contributed by atoms with Gasteiger partial charge in [0.15, 0.2) is 0 Å². The second-order valence-electron chi connectivity index (χ2n) is 9.98. The maximum Gasteiger partial charge on any atom is 0.244 e. The van der Waals surface area contributed by atoms with Crippen LogP contribution in [0, 0.1) is 11.8 Å². The van der Waals surface area contributed by atoms with Crippen molar-refractivity contribution in [3.05, 3.63) is 53.5 Å². The number of carbonyl (C=O) groups excluding carboxylic acids is 2. The number of methoxy groups -OCH3 is 1. The summed E-state index contributed by atoms with van der Waals surface area (Å²) in [4.78, 5) is 33.0. The number of rotatable bonds is 13. The fourth-order valence-corrected chi connectivity index (χ4v) is 3.94. The molecule has 36 heavy (non-hydrogen) atoms. The zero-order chi connectivity index (χ0) is 26.2. The van der Waals surface area contributed by atoms with E-state index < -0.39 is 0 Å². The molecule has 194 valence electrons. The number of nitrogens with zero attached hydrogens (tertiary/aromatic N) is 4. The maximum absolute atomic E-state index is 13.4. The molecule has 3 rings (SSSR count). The van der Waals surface area contributed by atoms with E-state index in [1.807, 2.05) is 11.0 Å². The molecule has 2 heterocycles. The number of aromatic nitrogens is 3. The summed E-state index contributed by atoms with van der Waals surface area (Å²) in [6.45, 7) is 10.1. The van der Waals surface area contributed by atoms with Crippen LogP contribution in [0.3, 0.4) is 0 Å². The van der Waals surface area contributed by atoms with Gasteiger partial charge in [-0.1, -0.05) is 27.7 Å².